The van der Waals surface area contributed by atoms with Gasteiger partial charge in [0.25, 0.3) is 0 Å². The van der Waals surface area contributed by atoms with E-state index in [0.717, 1.165) is 12.1 Å². The summed E-state index contributed by atoms with van der Waals surface area (Å²) in [6.45, 7) is 3.83. The summed E-state index contributed by atoms with van der Waals surface area (Å²) in [6, 6.07) is 2.91. The summed E-state index contributed by atoms with van der Waals surface area (Å²) in [5.41, 5.74) is 4.94. The summed E-state index contributed by atoms with van der Waals surface area (Å²) in [6.07, 6.45) is -4.65. The molecule has 1 nitrogen and oxygen atoms in total. The molecule has 0 spiro atoms. The van der Waals surface area contributed by atoms with Crippen LogP contribution in [0.2, 0.25) is 0 Å². The molecule has 1 aliphatic carbocycles. The van der Waals surface area contributed by atoms with E-state index in [1.54, 1.807) is 0 Å². The van der Waals surface area contributed by atoms with Crippen LogP contribution in [-0.2, 0) is 6.18 Å². The van der Waals surface area contributed by atoms with Crippen molar-refractivity contribution in [3.63, 3.8) is 0 Å². The lowest BCUT2D eigenvalue weighted by Gasteiger charge is -2.09. The Morgan fingerprint density at radius 3 is 2.12 bits per heavy atom. The van der Waals surface area contributed by atoms with Crippen molar-refractivity contribution in [1.82, 2.24) is 0 Å². The van der Waals surface area contributed by atoms with Crippen molar-refractivity contribution >= 4 is 0 Å². The molecule has 0 radical (unpaired) electrons. The van der Waals surface area contributed by atoms with Crippen molar-refractivity contribution in [2.45, 2.75) is 32.0 Å². The minimum Gasteiger partial charge on any atom is -0.327 e. The average molecular weight is 247 g/mol. The van der Waals surface area contributed by atoms with Crippen LogP contribution in [0.4, 0.5) is 17.6 Å². The van der Waals surface area contributed by atoms with Crippen molar-refractivity contribution in [2.75, 3.05) is 0 Å². The zero-order chi connectivity index (χ0) is 13.0. The number of alkyl halides is 3. The van der Waals surface area contributed by atoms with E-state index in [1.165, 1.54) is 6.07 Å². The Morgan fingerprint density at radius 2 is 1.76 bits per heavy atom. The first-order chi connectivity index (χ1) is 7.65. The zero-order valence-corrected chi connectivity index (χ0v) is 9.48. The molecule has 2 atom stereocenters. The fourth-order valence-corrected chi connectivity index (χ4v) is 2.27. The van der Waals surface area contributed by atoms with Gasteiger partial charge in [-0.25, -0.2) is 4.39 Å². The van der Waals surface area contributed by atoms with Crippen LogP contribution in [0, 0.1) is 11.2 Å². The first-order valence-corrected chi connectivity index (χ1v) is 5.28. The van der Waals surface area contributed by atoms with Gasteiger partial charge in [-0.3, -0.25) is 0 Å². The molecular formula is C12H13F4N. The van der Waals surface area contributed by atoms with E-state index in [9.17, 15) is 17.6 Å². The Bertz CT molecular complexity index is 450. The fourth-order valence-electron chi connectivity index (χ4n) is 2.27. The molecule has 0 bridgehead atoms. The van der Waals surface area contributed by atoms with Gasteiger partial charge in [-0.05, 0) is 23.1 Å². The van der Waals surface area contributed by atoms with Crippen LogP contribution in [-0.4, -0.2) is 6.04 Å². The summed E-state index contributed by atoms with van der Waals surface area (Å²) in [5.74, 6) is -1.30. The Kier molecular flexibility index (Phi) is 2.51. The average Bonchev–Trinajstić information content (AvgIpc) is 2.63. The molecule has 0 unspecified atom stereocenters. The Hall–Kier alpha value is -1.10. The van der Waals surface area contributed by atoms with Gasteiger partial charge in [-0.2, -0.15) is 13.2 Å². The number of nitrogens with two attached hydrogens (primary N) is 1. The highest BCUT2D eigenvalue weighted by molar-refractivity contribution is 5.37. The van der Waals surface area contributed by atoms with Gasteiger partial charge in [0.2, 0.25) is 0 Å². The largest absolute Gasteiger partial charge is 0.419 e. The van der Waals surface area contributed by atoms with E-state index < -0.39 is 17.6 Å². The van der Waals surface area contributed by atoms with E-state index in [4.69, 9.17) is 5.73 Å². The third-order valence-corrected chi connectivity index (χ3v) is 3.57. The Labute approximate surface area is 96.6 Å². The standard InChI is InChI=1S/C12H13F4N/c1-11(2)9(10(11)17)6-3-4-7(8(13)5-6)12(14,15)16/h3-5,9-10H,17H2,1-2H3/t9-,10-/m1/s1. The summed E-state index contributed by atoms with van der Waals surface area (Å²) in [4.78, 5) is 0. The van der Waals surface area contributed by atoms with Crippen LogP contribution in [0.1, 0.15) is 30.9 Å². The molecule has 0 amide bonds. The van der Waals surface area contributed by atoms with Crippen LogP contribution in [0.3, 0.4) is 0 Å². The Balaban J connectivity index is 2.34. The third-order valence-electron chi connectivity index (χ3n) is 3.57. The predicted octanol–water partition coefficient (Wildman–Crippen LogP) is 3.30. The molecule has 2 N–H and O–H groups in total. The van der Waals surface area contributed by atoms with E-state index in [2.05, 4.69) is 0 Å². The van der Waals surface area contributed by atoms with E-state index >= 15 is 0 Å². The van der Waals surface area contributed by atoms with Crippen LogP contribution < -0.4 is 5.73 Å². The normalized spacial score (nSPS) is 27.0. The van der Waals surface area contributed by atoms with Crippen LogP contribution in [0.15, 0.2) is 18.2 Å². The molecule has 0 heterocycles. The molecule has 0 saturated heterocycles. The van der Waals surface area contributed by atoms with Crippen molar-refractivity contribution in [3.8, 4) is 0 Å². The molecule has 94 valence electrons. The van der Waals surface area contributed by atoms with E-state index in [-0.39, 0.29) is 17.4 Å². The highest BCUT2D eigenvalue weighted by atomic mass is 19.4. The third kappa shape index (κ3) is 1.92. The zero-order valence-electron chi connectivity index (χ0n) is 9.48. The molecule has 1 aromatic rings. The number of hydrogen-bond donors (Lipinski definition) is 1. The monoisotopic (exact) mass is 247 g/mol. The topological polar surface area (TPSA) is 26.0 Å². The maximum atomic E-state index is 13.4. The minimum absolute atomic E-state index is 0.0701. The van der Waals surface area contributed by atoms with Gasteiger partial charge in [0, 0.05) is 12.0 Å². The molecule has 2 rings (SSSR count). The molecule has 0 aliphatic heterocycles. The highest BCUT2D eigenvalue weighted by Crippen LogP contribution is 2.57. The summed E-state index contributed by atoms with van der Waals surface area (Å²) >= 11 is 0. The molecule has 1 saturated carbocycles. The van der Waals surface area contributed by atoms with Crippen molar-refractivity contribution in [2.24, 2.45) is 11.1 Å². The molecule has 5 heteroatoms. The fraction of sp³-hybridized carbons (Fsp3) is 0.500. The second-order valence-electron chi connectivity index (χ2n) is 5.06. The lowest BCUT2D eigenvalue weighted by molar-refractivity contribution is -0.140. The van der Waals surface area contributed by atoms with Crippen LogP contribution in [0.25, 0.3) is 0 Å². The Morgan fingerprint density at radius 1 is 1.24 bits per heavy atom. The van der Waals surface area contributed by atoms with Gasteiger partial charge < -0.3 is 5.73 Å². The molecule has 17 heavy (non-hydrogen) atoms. The SMILES string of the molecule is CC1(C)[C@H](N)[C@H]1c1ccc(C(F)(F)F)c(F)c1. The van der Waals surface area contributed by atoms with Gasteiger partial charge >= 0.3 is 6.18 Å². The smallest absolute Gasteiger partial charge is 0.327 e. The first kappa shape index (κ1) is 12.4. The maximum Gasteiger partial charge on any atom is 0.419 e. The first-order valence-electron chi connectivity index (χ1n) is 5.28. The van der Waals surface area contributed by atoms with Gasteiger partial charge in [0.15, 0.2) is 0 Å². The minimum atomic E-state index is -4.65. The lowest BCUT2D eigenvalue weighted by atomic mass is 10.0. The molecule has 1 aliphatic rings. The quantitative estimate of drug-likeness (QED) is 0.757. The van der Waals surface area contributed by atoms with E-state index in [1.807, 2.05) is 13.8 Å². The summed E-state index contributed by atoms with van der Waals surface area (Å²) in [5, 5.41) is 0. The van der Waals surface area contributed by atoms with E-state index in [0.29, 0.717) is 5.56 Å². The molecule has 1 fully saturated rings. The second-order valence-corrected chi connectivity index (χ2v) is 5.06. The van der Waals surface area contributed by atoms with Gasteiger partial charge in [-0.1, -0.05) is 19.9 Å². The van der Waals surface area contributed by atoms with Crippen molar-refractivity contribution < 1.29 is 17.6 Å². The van der Waals surface area contributed by atoms with Gasteiger partial charge in [0.1, 0.15) is 5.82 Å². The molecule has 1 aromatic carbocycles. The van der Waals surface area contributed by atoms with Gasteiger partial charge in [-0.15, -0.1) is 0 Å². The van der Waals surface area contributed by atoms with Gasteiger partial charge in [0.05, 0.1) is 5.56 Å². The molecular weight excluding hydrogens is 234 g/mol. The second kappa shape index (κ2) is 3.45. The summed E-state index contributed by atoms with van der Waals surface area (Å²) < 4.78 is 50.4. The number of rotatable bonds is 1. The number of hydrogen-bond acceptors (Lipinski definition) is 1. The predicted molar refractivity (Wildman–Crippen MR) is 55.9 cm³/mol. The van der Waals surface area contributed by atoms with Crippen LogP contribution >= 0.6 is 0 Å². The van der Waals surface area contributed by atoms with Crippen molar-refractivity contribution in [1.29, 1.82) is 0 Å². The molecule has 0 aromatic heterocycles. The number of benzene rings is 1. The lowest BCUT2D eigenvalue weighted by Crippen LogP contribution is -2.09. The van der Waals surface area contributed by atoms with Crippen LogP contribution in [0.5, 0.6) is 0 Å². The van der Waals surface area contributed by atoms with Crippen molar-refractivity contribution in [3.05, 3.63) is 35.1 Å². The summed E-state index contributed by atoms with van der Waals surface area (Å²) in [7, 11) is 0. The number of halogens is 4. The maximum absolute atomic E-state index is 13.4. The highest BCUT2D eigenvalue weighted by Gasteiger charge is 2.56.